The standard InChI is InChI=1S/C6H10N2O2/c1-4(7)3-5(8-2)6(9)10/h3,7-8H,1-2H3,(H,9,10)/b5-3-,7-4?. The minimum atomic E-state index is -1.05. The van der Waals surface area contributed by atoms with E-state index in [0.29, 0.717) is 0 Å². The number of rotatable bonds is 3. The third-order valence-corrected chi connectivity index (χ3v) is 0.861. The SMILES string of the molecule is CN/C(=C\C(C)=N)C(=O)O. The molecule has 0 unspecified atom stereocenters. The van der Waals surface area contributed by atoms with E-state index in [1.165, 1.54) is 20.0 Å². The maximum atomic E-state index is 10.2. The zero-order valence-corrected chi connectivity index (χ0v) is 5.93. The molecular weight excluding hydrogens is 132 g/mol. The molecule has 3 N–H and O–H groups in total. The fraction of sp³-hybridized carbons (Fsp3) is 0.333. The quantitative estimate of drug-likeness (QED) is 0.389. The van der Waals surface area contributed by atoms with E-state index in [2.05, 4.69) is 5.32 Å². The molecule has 0 aromatic rings. The van der Waals surface area contributed by atoms with Crippen LogP contribution in [0.5, 0.6) is 0 Å². The average Bonchev–Trinajstić information content (AvgIpc) is 1.81. The fourth-order valence-electron chi connectivity index (χ4n) is 0.457. The minimum Gasteiger partial charge on any atom is -0.477 e. The smallest absolute Gasteiger partial charge is 0.352 e. The Morgan fingerprint density at radius 3 is 2.30 bits per heavy atom. The highest BCUT2D eigenvalue weighted by molar-refractivity contribution is 5.98. The molecule has 0 aromatic heterocycles. The Hall–Kier alpha value is -1.32. The number of carboxylic acids is 1. The van der Waals surface area contributed by atoms with Gasteiger partial charge in [-0.25, -0.2) is 4.79 Å². The first kappa shape index (κ1) is 8.68. The summed E-state index contributed by atoms with van der Waals surface area (Å²) < 4.78 is 0. The number of allylic oxidation sites excluding steroid dienone is 1. The number of likely N-dealkylation sites (N-methyl/N-ethyl adjacent to an activating group) is 1. The molecular formula is C6H10N2O2. The fourth-order valence-corrected chi connectivity index (χ4v) is 0.457. The van der Waals surface area contributed by atoms with Gasteiger partial charge in [0.15, 0.2) is 0 Å². The molecule has 0 aromatic carbocycles. The van der Waals surface area contributed by atoms with Crippen LogP contribution in [-0.4, -0.2) is 23.8 Å². The summed E-state index contributed by atoms with van der Waals surface area (Å²) in [6.45, 7) is 1.51. The lowest BCUT2D eigenvalue weighted by Gasteiger charge is -1.97. The molecule has 0 aliphatic heterocycles. The molecule has 4 heteroatoms. The van der Waals surface area contributed by atoms with Crippen LogP contribution in [0.3, 0.4) is 0 Å². The predicted octanol–water partition coefficient (Wildman–Crippen LogP) is 0.214. The zero-order chi connectivity index (χ0) is 8.15. The number of hydrogen-bond donors (Lipinski definition) is 3. The molecule has 0 bridgehead atoms. The second-order valence-corrected chi connectivity index (χ2v) is 1.80. The van der Waals surface area contributed by atoms with Crippen molar-refractivity contribution >= 4 is 11.7 Å². The molecule has 0 saturated carbocycles. The normalized spacial score (nSPS) is 10.8. The molecule has 0 radical (unpaired) electrons. The minimum absolute atomic E-state index is 0.0347. The Bertz CT molecular complexity index is 184. The Labute approximate surface area is 59.1 Å². The summed E-state index contributed by atoms with van der Waals surface area (Å²) in [6, 6.07) is 0. The molecule has 0 amide bonds. The summed E-state index contributed by atoms with van der Waals surface area (Å²) >= 11 is 0. The molecule has 0 heterocycles. The van der Waals surface area contributed by atoms with Crippen LogP contribution in [0.15, 0.2) is 11.8 Å². The molecule has 56 valence electrons. The van der Waals surface area contributed by atoms with Gasteiger partial charge in [0, 0.05) is 12.8 Å². The largest absolute Gasteiger partial charge is 0.477 e. The van der Waals surface area contributed by atoms with Gasteiger partial charge in [-0.05, 0) is 13.0 Å². The number of carboxylic acid groups (broad SMARTS) is 1. The van der Waals surface area contributed by atoms with Gasteiger partial charge in [-0.15, -0.1) is 0 Å². The maximum absolute atomic E-state index is 10.2. The Morgan fingerprint density at radius 1 is 1.70 bits per heavy atom. The van der Waals surface area contributed by atoms with Crippen molar-refractivity contribution in [3.8, 4) is 0 Å². The van der Waals surface area contributed by atoms with Crippen LogP contribution >= 0.6 is 0 Å². The van der Waals surface area contributed by atoms with E-state index >= 15 is 0 Å². The summed E-state index contributed by atoms with van der Waals surface area (Å²) in [7, 11) is 1.50. The van der Waals surface area contributed by atoms with Crippen molar-refractivity contribution in [2.24, 2.45) is 0 Å². The molecule has 0 spiro atoms. The van der Waals surface area contributed by atoms with Crippen molar-refractivity contribution in [3.63, 3.8) is 0 Å². The van der Waals surface area contributed by atoms with Gasteiger partial charge in [0.05, 0.1) is 0 Å². The van der Waals surface area contributed by atoms with Gasteiger partial charge < -0.3 is 15.8 Å². The van der Waals surface area contributed by atoms with Gasteiger partial charge in [-0.2, -0.15) is 0 Å². The summed E-state index contributed by atoms with van der Waals surface area (Å²) in [5.74, 6) is -1.05. The lowest BCUT2D eigenvalue weighted by Crippen LogP contribution is -2.16. The van der Waals surface area contributed by atoms with Gasteiger partial charge in [0.2, 0.25) is 0 Å². The molecule has 0 aliphatic rings. The Balaban J connectivity index is 4.34. The molecule has 0 atom stereocenters. The van der Waals surface area contributed by atoms with Crippen molar-refractivity contribution in [1.29, 1.82) is 5.41 Å². The van der Waals surface area contributed by atoms with Crippen LogP contribution in [0.4, 0.5) is 0 Å². The van der Waals surface area contributed by atoms with Crippen LogP contribution < -0.4 is 5.32 Å². The Kier molecular flexibility index (Phi) is 3.17. The maximum Gasteiger partial charge on any atom is 0.352 e. The lowest BCUT2D eigenvalue weighted by atomic mass is 10.3. The van der Waals surface area contributed by atoms with Gasteiger partial charge in [0.1, 0.15) is 5.70 Å². The zero-order valence-electron chi connectivity index (χ0n) is 5.93. The predicted molar refractivity (Wildman–Crippen MR) is 38.2 cm³/mol. The lowest BCUT2D eigenvalue weighted by molar-refractivity contribution is -0.133. The van der Waals surface area contributed by atoms with Crippen molar-refractivity contribution in [1.82, 2.24) is 5.32 Å². The van der Waals surface area contributed by atoms with E-state index in [1.54, 1.807) is 0 Å². The van der Waals surface area contributed by atoms with E-state index in [9.17, 15) is 4.79 Å². The highest BCUT2D eigenvalue weighted by atomic mass is 16.4. The van der Waals surface area contributed by atoms with Gasteiger partial charge in [-0.3, -0.25) is 0 Å². The van der Waals surface area contributed by atoms with Crippen LogP contribution in [-0.2, 0) is 4.79 Å². The second-order valence-electron chi connectivity index (χ2n) is 1.80. The van der Waals surface area contributed by atoms with Crippen molar-refractivity contribution in [3.05, 3.63) is 11.8 Å². The highest BCUT2D eigenvalue weighted by Gasteiger charge is 2.02. The molecule has 0 rings (SSSR count). The molecule has 0 saturated heterocycles. The van der Waals surface area contributed by atoms with Gasteiger partial charge in [0.25, 0.3) is 0 Å². The van der Waals surface area contributed by atoms with Gasteiger partial charge >= 0.3 is 5.97 Å². The third kappa shape index (κ3) is 2.86. The summed E-state index contributed by atoms with van der Waals surface area (Å²) in [4.78, 5) is 10.2. The van der Waals surface area contributed by atoms with Crippen LogP contribution in [0, 0.1) is 5.41 Å². The van der Waals surface area contributed by atoms with E-state index in [0.717, 1.165) is 0 Å². The highest BCUT2D eigenvalue weighted by Crippen LogP contribution is 1.87. The summed E-state index contributed by atoms with van der Waals surface area (Å²) in [5.41, 5.74) is 0.249. The van der Waals surface area contributed by atoms with Crippen LogP contribution in [0.1, 0.15) is 6.92 Å². The number of hydrogen-bond acceptors (Lipinski definition) is 3. The van der Waals surface area contributed by atoms with E-state index < -0.39 is 5.97 Å². The first-order valence-corrected chi connectivity index (χ1v) is 2.76. The van der Waals surface area contributed by atoms with Crippen LogP contribution in [0.2, 0.25) is 0 Å². The van der Waals surface area contributed by atoms with Gasteiger partial charge in [-0.1, -0.05) is 0 Å². The van der Waals surface area contributed by atoms with Crippen LogP contribution in [0.25, 0.3) is 0 Å². The average molecular weight is 142 g/mol. The number of carbonyl (C=O) groups is 1. The first-order valence-electron chi connectivity index (χ1n) is 2.76. The van der Waals surface area contributed by atoms with Crippen molar-refractivity contribution in [2.75, 3.05) is 7.05 Å². The van der Waals surface area contributed by atoms with E-state index in [1.807, 2.05) is 0 Å². The first-order chi connectivity index (χ1) is 4.57. The third-order valence-electron chi connectivity index (χ3n) is 0.861. The number of aliphatic carboxylic acids is 1. The second kappa shape index (κ2) is 3.66. The molecule has 10 heavy (non-hydrogen) atoms. The van der Waals surface area contributed by atoms with Crippen molar-refractivity contribution < 1.29 is 9.90 Å². The molecule has 4 nitrogen and oxygen atoms in total. The van der Waals surface area contributed by atoms with Crippen molar-refractivity contribution in [2.45, 2.75) is 6.92 Å². The monoisotopic (exact) mass is 142 g/mol. The van der Waals surface area contributed by atoms with E-state index in [4.69, 9.17) is 10.5 Å². The molecule has 0 aliphatic carbocycles. The molecule has 0 fully saturated rings. The topological polar surface area (TPSA) is 73.2 Å². The summed E-state index contributed by atoms with van der Waals surface area (Å²) in [5, 5.41) is 17.8. The Morgan fingerprint density at radius 2 is 2.20 bits per heavy atom. The number of nitrogens with one attached hydrogen (secondary N) is 2. The van der Waals surface area contributed by atoms with E-state index in [-0.39, 0.29) is 11.4 Å². The summed E-state index contributed by atoms with van der Waals surface area (Å²) in [6.07, 6.45) is 1.25.